The van der Waals surface area contributed by atoms with E-state index in [9.17, 15) is 62.2 Å². The summed E-state index contributed by atoms with van der Waals surface area (Å²) in [5.41, 5.74) is 0.502. The minimum Gasteiger partial charge on any atom is -0.508 e. The predicted molar refractivity (Wildman–Crippen MR) is 84.0 cm³/mol. The molecular weight excluding hydrogens is 481 g/mol. The molecule has 0 saturated heterocycles. The molecule has 1 aliphatic heterocycles. The zero-order valence-electron chi connectivity index (χ0n) is 15.6. The molecular formula is C17H14F13NO. The van der Waals surface area contributed by atoms with E-state index in [-0.39, 0.29) is 24.4 Å². The zero-order chi connectivity index (χ0) is 25.0. The lowest BCUT2D eigenvalue weighted by Crippen LogP contribution is -2.70. The van der Waals surface area contributed by atoms with Gasteiger partial charge >= 0.3 is 35.8 Å². The second-order valence-electron chi connectivity index (χ2n) is 7.15. The fourth-order valence-corrected chi connectivity index (χ4v) is 3.11. The summed E-state index contributed by atoms with van der Waals surface area (Å²) in [5, 5.41) is 9.46. The van der Waals surface area contributed by atoms with Crippen molar-refractivity contribution in [2.75, 3.05) is 18.0 Å². The Balaban J connectivity index is 2.32. The first-order valence-corrected chi connectivity index (χ1v) is 8.73. The van der Waals surface area contributed by atoms with Gasteiger partial charge in [-0.2, -0.15) is 57.1 Å². The summed E-state index contributed by atoms with van der Waals surface area (Å²) in [6, 6.07) is 3.61. The maximum atomic E-state index is 14.0. The first-order chi connectivity index (χ1) is 14.2. The lowest BCUT2D eigenvalue weighted by molar-refractivity contribution is -0.440. The summed E-state index contributed by atoms with van der Waals surface area (Å²) < 4.78 is 171. The van der Waals surface area contributed by atoms with E-state index in [0.29, 0.717) is 12.0 Å². The molecule has 184 valence electrons. The highest BCUT2D eigenvalue weighted by Gasteiger charge is 2.90. The molecule has 0 atom stereocenters. The molecule has 0 radical (unpaired) electrons. The van der Waals surface area contributed by atoms with E-state index >= 15 is 0 Å². The lowest BCUT2D eigenvalue weighted by atomic mass is 9.92. The summed E-state index contributed by atoms with van der Waals surface area (Å²) in [7, 11) is 0. The van der Waals surface area contributed by atoms with Crippen molar-refractivity contribution in [1.82, 2.24) is 0 Å². The van der Waals surface area contributed by atoms with Gasteiger partial charge in [-0.05, 0) is 24.5 Å². The van der Waals surface area contributed by atoms with E-state index < -0.39 is 48.8 Å². The molecule has 0 amide bonds. The Morgan fingerprint density at radius 1 is 0.750 bits per heavy atom. The highest BCUT2D eigenvalue weighted by Crippen LogP contribution is 2.60. The zero-order valence-corrected chi connectivity index (χ0v) is 15.6. The number of hydrogen-bond acceptors (Lipinski definition) is 2. The molecule has 0 bridgehead atoms. The van der Waals surface area contributed by atoms with Gasteiger partial charge in [0.2, 0.25) is 0 Å². The molecule has 0 spiro atoms. The molecule has 1 aromatic carbocycles. The smallest absolute Gasteiger partial charge is 0.460 e. The topological polar surface area (TPSA) is 23.5 Å². The van der Waals surface area contributed by atoms with Crippen LogP contribution in [0, 0.1) is 0 Å². The molecule has 0 saturated carbocycles. The van der Waals surface area contributed by atoms with Crippen LogP contribution in [0.1, 0.15) is 18.4 Å². The number of halogens is 13. The van der Waals surface area contributed by atoms with Gasteiger partial charge in [0.1, 0.15) is 5.75 Å². The van der Waals surface area contributed by atoms with E-state index in [1.165, 1.54) is 12.1 Å². The third-order valence-electron chi connectivity index (χ3n) is 4.98. The monoisotopic (exact) mass is 495 g/mol. The molecule has 0 fully saturated rings. The van der Waals surface area contributed by atoms with E-state index in [1.807, 2.05) is 0 Å². The summed E-state index contributed by atoms with van der Waals surface area (Å²) in [6.07, 6.45) is -9.08. The third-order valence-corrected chi connectivity index (χ3v) is 4.98. The summed E-state index contributed by atoms with van der Waals surface area (Å²) >= 11 is 0. The first kappa shape index (κ1) is 26.2. The van der Waals surface area contributed by atoms with E-state index in [2.05, 4.69) is 0 Å². The normalized spacial score (nSPS) is 16.8. The molecule has 0 aliphatic carbocycles. The van der Waals surface area contributed by atoms with E-state index in [4.69, 9.17) is 0 Å². The van der Waals surface area contributed by atoms with Crippen LogP contribution in [0.2, 0.25) is 0 Å². The fourth-order valence-electron chi connectivity index (χ4n) is 3.11. The number of aryl methyl sites for hydroxylation is 1. The lowest BCUT2D eigenvalue weighted by Gasteiger charge is -2.40. The Kier molecular flexibility index (Phi) is 6.34. The van der Waals surface area contributed by atoms with Gasteiger partial charge in [0.25, 0.3) is 0 Å². The summed E-state index contributed by atoms with van der Waals surface area (Å²) in [4.78, 5) is 0.934. The van der Waals surface area contributed by atoms with Crippen molar-refractivity contribution in [2.24, 2.45) is 0 Å². The van der Waals surface area contributed by atoms with Gasteiger partial charge in [-0.3, -0.25) is 0 Å². The molecule has 32 heavy (non-hydrogen) atoms. The van der Waals surface area contributed by atoms with E-state index in [1.54, 1.807) is 0 Å². The third kappa shape index (κ3) is 3.91. The predicted octanol–water partition coefficient (Wildman–Crippen LogP) is 6.27. The SMILES string of the molecule is Oc1ccc2c(c1)N(CCC(F)(F)C(F)(F)C(F)(F)C(F)(F)C(F)(F)C(F)(F)F)CCC2. The quantitative estimate of drug-likeness (QED) is 0.451. The maximum absolute atomic E-state index is 14.0. The number of rotatable bonds is 7. The van der Waals surface area contributed by atoms with Crippen LogP contribution in [-0.2, 0) is 6.42 Å². The van der Waals surface area contributed by atoms with Crippen LogP contribution in [-0.4, -0.2) is 54.0 Å². The minimum absolute atomic E-state index is 0.0519. The van der Waals surface area contributed by atoms with Gasteiger partial charge in [-0.1, -0.05) is 6.07 Å². The number of phenolic OH excluding ortho intramolecular Hbond substituents is 1. The Morgan fingerprint density at radius 2 is 1.28 bits per heavy atom. The van der Waals surface area contributed by atoms with Gasteiger partial charge in [-0.25, -0.2) is 0 Å². The number of benzene rings is 1. The molecule has 2 nitrogen and oxygen atoms in total. The van der Waals surface area contributed by atoms with Crippen LogP contribution in [0.3, 0.4) is 0 Å². The molecule has 1 aromatic rings. The number of fused-ring (bicyclic) bond motifs is 1. The highest BCUT2D eigenvalue weighted by atomic mass is 19.4. The molecule has 1 heterocycles. The van der Waals surface area contributed by atoms with Crippen LogP contribution in [0.5, 0.6) is 5.75 Å². The number of alkyl halides is 13. The highest BCUT2D eigenvalue weighted by molar-refractivity contribution is 5.58. The van der Waals surface area contributed by atoms with Crippen LogP contribution < -0.4 is 4.90 Å². The number of aromatic hydroxyl groups is 1. The summed E-state index contributed by atoms with van der Waals surface area (Å²) in [5.74, 6) is -37.2. The van der Waals surface area contributed by atoms with Gasteiger partial charge in [0, 0.05) is 31.3 Å². The van der Waals surface area contributed by atoms with Crippen molar-refractivity contribution >= 4 is 5.69 Å². The van der Waals surface area contributed by atoms with Crippen molar-refractivity contribution in [1.29, 1.82) is 0 Å². The molecule has 0 unspecified atom stereocenters. The van der Waals surface area contributed by atoms with Crippen molar-refractivity contribution in [3.05, 3.63) is 23.8 Å². The summed E-state index contributed by atoms with van der Waals surface area (Å²) in [6.45, 7) is -1.28. The average molecular weight is 495 g/mol. The Bertz CT molecular complexity index is 834. The van der Waals surface area contributed by atoms with Crippen LogP contribution in [0.25, 0.3) is 0 Å². The molecule has 2 rings (SSSR count). The second kappa shape index (κ2) is 7.75. The van der Waals surface area contributed by atoms with Gasteiger partial charge in [0.05, 0.1) is 0 Å². The van der Waals surface area contributed by atoms with E-state index in [0.717, 1.165) is 11.0 Å². The van der Waals surface area contributed by atoms with Crippen molar-refractivity contribution < 1.29 is 62.2 Å². The average Bonchev–Trinajstić information content (AvgIpc) is 2.64. The Labute approximate surface area is 171 Å². The van der Waals surface area contributed by atoms with Gasteiger partial charge in [-0.15, -0.1) is 0 Å². The van der Waals surface area contributed by atoms with Gasteiger partial charge < -0.3 is 10.0 Å². The number of anilines is 1. The van der Waals surface area contributed by atoms with Crippen LogP contribution >= 0.6 is 0 Å². The van der Waals surface area contributed by atoms with Crippen molar-refractivity contribution in [3.63, 3.8) is 0 Å². The standard InChI is InChI=1S/C17H14F13NO/c18-12(19,5-7-31-6-1-2-9-3-4-10(32)8-11(9)31)13(20,21)14(22,23)15(24,25)16(26,27)17(28,29)30/h3-4,8,32H,1-2,5-7H2. The second-order valence-corrected chi connectivity index (χ2v) is 7.15. The van der Waals surface area contributed by atoms with Crippen molar-refractivity contribution in [2.45, 2.75) is 55.1 Å². The number of hydrogen-bond donors (Lipinski definition) is 1. The fraction of sp³-hybridized carbons (Fsp3) is 0.647. The molecule has 15 heteroatoms. The van der Waals surface area contributed by atoms with Crippen molar-refractivity contribution in [3.8, 4) is 5.75 Å². The largest absolute Gasteiger partial charge is 0.508 e. The first-order valence-electron chi connectivity index (χ1n) is 8.73. The maximum Gasteiger partial charge on any atom is 0.460 e. The Morgan fingerprint density at radius 3 is 1.81 bits per heavy atom. The molecule has 1 aliphatic rings. The molecule has 0 aromatic heterocycles. The number of phenols is 1. The minimum atomic E-state index is -7.89. The van der Waals surface area contributed by atoms with Crippen LogP contribution in [0.4, 0.5) is 62.8 Å². The molecule has 1 N–H and O–H groups in total. The Hall–Kier alpha value is -2.09. The van der Waals surface area contributed by atoms with Gasteiger partial charge in [0.15, 0.2) is 0 Å². The van der Waals surface area contributed by atoms with Crippen LogP contribution in [0.15, 0.2) is 18.2 Å². The number of nitrogens with zero attached hydrogens (tertiary/aromatic N) is 1.